The third-order valence-corrected chi connectivity index (χ3v) is 5.50. The number of nitrogens with zero attached hydrogens (tertiary/aromatic N) is 1. The topological polar surface area (TPSA) is 24.5 Å². The van der Waals surface area contributed by atoms with E-state index < -0.39 is 0 Å². The number of fused-ring (bicyclic) bond motifs is 2. The first kappa shape index (κ1) is 13.8. The van der Waals surface area contributed by atoms with E-state index in [1.807, 2.05) is 0 Å². The molecule has 3 fully saturated rings. The highest BCUT2D eigenvalue weighted by molar-refractivity contribution is 4.92. The number of likely N-dealkylation sites (tertiary alicyclic amines) is 1. The maximum absolute atomic E-state index is 5.95. The van der Waals surface area contributed by atoms with Crippen LogP contribution in [0.25, 0.3) is 0 Å². The Balaban J connectivity index is 1.60. The fourth-order valence-corrected chi connectivity index (χ4v) is 4.49. The van der Waals surface area contributed by atoms with Gasteiger partial charge in [0.25, 0.3) is 0 Å². The molecule has 0 aromatic carbocycles. The zero-order valence-corrected chi connectivity index (χ0v) is 12.8. The number of hydrogen-bond donors (Lipinski definition) is 1. The van der Waals surface area contributed by atoms with E-state index in [4.69, 9.17) is 4.74 Å². The SMILES string of the molecule is CNC1CCC(C)(C)CC1CN1CC2CCC(C1)O2. The molecule has 1 aliphatic carbocycles. The van der Waals surface area contributed by atoms with E-state index in [2.05, 4.69) is 31.1 Å². The highest BCUT2D eigenvalue weighted by atomic mass is 16.5. The average Bonchev–Trinajstić information content (AvgIpc) is 2.68. The molecule has 0 amide bonds. The Kier molecular flexibility index (Phi) is 3.89. The van der Waals surface area contributed by atoms with Crippen molar-refractivity contribution < 1.29 is 4.74 Å². The number of ether oxygens (including phenoxy) is 1. The van der Waals surface area contributed by atoms with Crippen LogP contribution in [0, 0.1) is 11.3 Å². The molecule has 0 aromatic heterocycles. The molecule has 3 aliphatic rings. The Bertz CT molecular complexity index is 306. The Morgan fingerprint density at radius 2 is 1.84 bits per heavy atom. The van der Waals surface area contributed by atoms with Gasteiger partial charge in [-0.3, -0.25) is 4.90 Å². The summed E-state index contributed by atoms with van der Waals surface area (Å²) >= 11 is 0. The van der Waals surface area contributed by atoms with E-state index in [0.717, 1.165) is 5.92 Å². The maximum Gasteiger partial charge on any atom is 0.0707 e. The molecule has 110 valence electrons. The summed E-state index contributed by atoms with van der Waals surface area (Å²) in [7, 11) is 2.14. The van der Waals surface area contributed by atoms with E-state index in [1.54, 1.807) is 0 Å². The Morgan fingerprint density at radius 1 is 1.16 bits per heavy atom. The number of hydrogen-bond acceptors (Lipinski definition) is 3. The minimum absolute atomic E-state index is 0.531. The van der Waals surface area contributed by atoms with Gasteiger partial charge in [-0.25, -0.2) is 0 Å². The smallest absolute Gasteiger partial charge is 0.0707 e. The Labute approximate surface area is 118 Å². The molecule has 2 saturated heterocycles. The summed E-state index contributed by atoms with van der Waals surface area (Å²) in [5.41, 5.74) is 0.531. The molecular weight excluding hydrogens is 236 g/mol. The normalized spacial score (nSPS) is 42.5. The Hall–Kier alpha value is -0.120. The van der Waals surface area contributed by atoms with Gasteiger partial charge < -0.3 is 10.1 Å². The molecule has 2 bridgehead atoms. The van der Waals surface area contributed by atoms with E-state index in [-0.39, 0.29) is 0 Å². The molecule has 2 aliphatic heterocycles. The van der Waals surface area contributed by atoms with Gasteiger partial charge in [-0.1, -0.05) is 13.8 Å². The van der Waals surface area contributed by atoms with Crippen LogP contribution in [0.4, 0.5) is 0 Å². The van der Waals surface area contributed by atoms with Crippen LogP contribution in [0.1, 0.15) is 46.0 Å². The summed E-state index contributed by atoms with van der Waals surface area (Å²) in [4.78, 5) is 2.68. The van der Waals surface area contributed by atoms with Crippen LogP contribution in [0.15, 0.2) is 0 Å². The predicted octanol–water partition coefficient (Wildman–Crippen LogP) is 2.26. The van der Waals surface area contributed by atoms with E-state index in [0.29, 0.717) is 23.7 Å². The first-order chi connectivity index (χ1) is 9.05. The van der Waals surface area contributed by atoms with E-state index in [9.17, 15) is 0 Å². The number of morpholine rings is 1. The van der Waals surface area contributed by atoms with Gasteiger partial charge >= 0.3 is 0 Å². The molecule has 3 heteroatoms. The van der Waals surface area contributed by atoms with Crippen LogP contribution in [0.3, 0.4) is 0 Å². The van der Waals surface area contributed by atoms with E-state index in [1.165, 1.54) is 51.7 Å². The lowest BCUT2D eigenvalue weighted by molar-refractivity contribution is -0.0481. The molecule has 19 heavy (non-hydrogen) atoms. The minimum Gasteiger partial charge on any atom is -0.372 e. The van der Waals surface area contributed by atoms with Crippen molar-refractivity contribution in [2.75, 3.05) is 26.7 Å². The van der Waals surface area contributed by atoms with Crippen molar-refractivity contribution in [3.05, 3.63) is 0 Å². The third kappa shape index (κ3) is 3.14. The summed E-state index contributed by atoms with van der Waals surface area (Å²) in [5, 5.41) is 3.56. The lowest BCUT2D eigenvalue weighted by Crippen LogP contribution is -2.50. The van der Waals surface area contributed by atoms with Crippen LogP contribution in [-0.4, -0.2) is 49.8 Å². The summed E-state index contributed by atoms with van der Waals surface area (Å²) in [6.45, 7) is 8.49. The van der Waals surface area contributed by atoms with Crippen LogP contribution >= 0.6 is 0 Å². The van der Waals surface area contributed by atoms with Crippen LogP contribution in [0.5, 0.6) is 0 Å². The molecule has 0 radical (unpaired) electrons. The quantitative estimate of drug-likeness (QED) is 0.848. The molecular formula is C16H30N2O. The lowest BCUT2D eigenvalue weighted by atomic mass is 9.69. The summed E-state index contributed by atoms with van der Waals surface area (Å²) < 4.78 is 5.95. The molecule has 1 N–H and O–H groups in total. The number of nitrogens with one attached hydrogen (secondary N) is 1. The van der Waals surface area contributed by atoms with Gasteiger partial charge in [-0.05, 0) is 50.5 Å². The average molecular weight is 266 g/mol. The molecule has 1 saturated carbocycles. The van der Waals surface area contributed by atoms with Gasteiger partial charge in [0.15, 0.2) is 0 Å². The highest BCUT2D eigenvalue weighted by Crippen LogP contribution is 2.39. The molecule has 4 unspecified atom stereocenters. The van der Waals surface area contributed by atoms with Crippen molar-refractivity contribution in [1.29, 1.82) is 0 Å². The maximum atomic E-state index is 5.95. The summed E-state index contributed by atoms with van der Waals surface area (Å²) in [6, 6.07) is 0.716. The zero-order chi connectivity index (χ0) is 13.5. The van der Waals surface area contributed by atoms with Gasteiger partial charge in [0, 0.05) is 25.7 Å². The lowest BCUT2D eigenvalue weighted by Gasteiger charge is -2.44. The van der Waals surface area contributed by atoms with Crippen molar-refractivity contribution in [3.8, 4) is 0 Å². The molecule has 0 spiro atoms. The minimum atomic E-state index is 0.531. The highest BCUT2D eigenvalue weighted by Gasteiger charge is 2.38. The second-order valence-electron chi connectivity index (χ2n) is 7.74. The monoisotopic (exact) mass is 266 g/mol. The van der Waals surface area contributed by atoms with Gasteiger partial charge in [-0.2, -0.15) is 0 Å². The van der Waals surface area contributed by atoms with Crippen molar-refractivity contribution in [2.45, 2.75) is 64.2 Å². The Morgan fingerprint density at radius 3 is 2.47 bits per heavy atom. The summed E-state index contributed by atoms with van der Waals surface area (Å²) in [6.07, 6.45) is 7.70. The molecule has 3 nitrogen and oxygen atoms in total. The second-order valence-corrected chi connectivity index (χ2v) is 7.74. The van der Waals surface area contributed by atoms with Gasteiger partial charge in [0.1, 0.15) is 0 Å². The largest absolute Gasteiger partial charge is 0.372 e. The van der Waals surface area contributed by atoms with Crippen molar-refractivity contribution in [3.63, 3.8) is 0 Å². The van der Waals surface area contributed by atoms with Crippen LogP contribution in [0.2, 0.25) is 0 Å². The third-order valence-electron chi connectivity index (χ3n) is 5.50. The van der Waals surface area contributed by atoms with E-state index >= 15 is 0 Å². The predicted molar refractivity (Wildman–Crippen MR) is 78.3 cm³/mol. The first-order valence-corrected chi connectivity index (χ1v) is 8.11. The molecule has 3 rings (SSSR count). The van der Waals surface area contributed by atoms with Crippen molar-refractivity contribution in [2.24, 2.45) is 11.3 Å². The second kappa shape index (κ2) is 5.34. The summed E-state index contributed by atoms with van der Waals surface area (Å²) in [5.74, 6) is 0.811. The molecule has 0 aromatic rings. The number of rotatable bonds is 3. The van der Waals surface area contributed by atoms with Gasteiger partial charge in [0.2, 0.25) is 0 Å². The van der Waals surface area contributed by atoms with Crippen molar-refractivity contribution >= 4 is 0 Å². The molecule has 4 atom stereocenters. The van der Waals surface area contributed by atoms with Gasteiger partial charge in [-0.15, -0.1) is 0 Å². The van der Waals surface area contributed by atoms with Crippen molar-refractivity contribution in [1.82, 2.24) is 10.2 Å². The fourth-order valence-electron chi connectivity index (χ4n) is 4.49. The standard InChI is InChI=1S/C16H30N2O/c1-16(2)7-6-15(17-3)12(8-16)9-18-10-13-4-5-14(11-18)19-13/h12-15,17H,4-11H2,1-3H3. The first-order valence-electron chi connectivity index (χ1n) is 8.11. The molecule has 2 heterocycles. The van der Waals surface area contributed by atoms with Gasteiger partial charge in [0.05, 0.1) is 12.2 Å². The van der Waals surface area contributed by atoms with Crippen LogP contribution in [-0.2, 0) is 4.74 Å². The fraction of sp³-hybridized carbons (Fsp3) is 1.00. The zero-order valence-electron chi connectivity index (χ0n) is 12.8. The van der Waals surface area contributed by atoms with Crippen LogP contribution < -0.4 is 5.32 Å².